The Kier molecular flexibility index (Phi) is 4.82. The van der Waals surface area contributed by atoms with Crippen LogP contribution in [-0.4, -0.2) is 35.7 Å². The number of benzene rings is 1. The molecule has 2 aliphatic rings. The second-order valence-electron chi connectivity index (χ2n) is 6.04. The van der Waals surface area contributed by atoms with Gasteiger partial charge in [-0.1, -0.05) is 45.9 Å². The number of aliphatic hydroxyl groups is 1. The Balaban J connectivity index is 1.66. The number of carbonyl (C=O) groups is 1. The zero-order valence-corrected chi connectivity index (χ0v) is 13.6. The normalized spacial score (nSPS) is 23.6. The van der Waals surface area contributed by atoms with Crippen LogP contribution in [0.15, 0.2) is 24.3 Å². The number of nitrogens with one attached hydrogen (secondary N) is 1. The molecule has 5 heteroatoms. The van der Waals surface area contributed by atoms with Crippen LogP contribution in [0.3, 0.4) is 0 Å². The Morgan fingerprint density at radius 3 is 2.86 bits per heavy atom. The molecule has 0 bridgehead atoms. The van der Waals surface area contributed by atoms with Crippen molar-refractivity contribution in [3.63, 3.8) is 0 Å². The monoisotopic (exact) mass is 323 g/mol. The summed E-state index contributed by atoms with van der Waals surface area (Å²) in [5.41, 5.74) is 2.36. The predicted molar refractivity (Wildman–Crippen MR) is 89.6 cm³/mol. The van der Waals surface area contributed by atoms with Crippen LogP contribution in [0.4, 0.5) is 0 Å². The summed E-state index contributed by atoms with van der Waals surface area (Å²) in [5, 5.41) is 12.7. The summed E-state index contributed by atoms with van der Waals surface area (Å²) in [6.45, 7) is 0.732. The van der Waals surface area contributed by atoms with Gasteiger partial charge in [0.15, 0.2) is 0 Å². The first-order valence-electron chi connectivity index (χ1n) is 7.45. The van der Waals surface area contributed by atoms with E-state index < -0.39 is 0 Å². The van der Waals surface area contributed by atoms with Gasteiger partial charge < -0.3 is 10.4 Å². The van der Waals surface area contributed by atoms with Crippen LogP contribution >= 0.6 is 21.6 Å². The molecular formula is C16H21NO2S2. The second-order valence-corrected chi connectivity index (χ2v) is 8.51. The number of aliphatic hydroxyl groups excluding tert-OH is 1. The molecule has 1 aliphatic heterocycles. The first-order valence-corrected chi connectivity index (χ1v) is 9.94. The first kappa shape index (κ1) is 15.3. The third-order valence-corrected chi connectivity index (χ3v) is 7.31. The van der Waals surface area contributed by atoms with Crippen molar-refractivity contribution in [3.05, 3.63) is 35.4 Å². The van der Waals surface area contributed by atoms with Gasteiger partial charge in [0.05, 0.1) is 12.5 Å². The van der Waals surface area contributed by atoms with E-state index in [9.17, 15) is 9.90 Å². The number of amides is 1. The van der Waals surface area contributed by atoms with Gasteiger partial charge in [0, 0.05) is 23.5 Å². The van der Waals surface area contributed by atoms with Crippen molar-refractivity contribution in [3.8, 4) is 0 Å². The maximum absolute atomic E-state index is 12.6. The van der Waals surface area contributed by atoms with Crippen molar-refractivity contribution in [1.29, 1.82) is 0 Å². The van der Waals surface area contributed by atoms with Crippen molar-refractivity contribution in [2.45, 2.75) is 25.2 Å². The molecule has 1 unspecified atom stereocenters. The number of hydrogen-bond donors (Lipinski definition) is 2. The lowest BCUT2D eigenvalue weighted by Crippen LogP contribution is -2.43. The average Bonchev–Trinajstić information content (AvgIpc) is 3.01. The van der Waals surface area contributed by atoms with Gasteiger partial charge in [0.1, 0.15) is 0 Å². The van der Waals surface area contributed by atoms with E-state index in [4.69, 9.17) is 0 Å². The van der Waals surface area contributed by atoms with Crippen LogP contribution in [0.5, 0.6) is 0 Å². The molecule has 0 spiro atoms. The van der Waals surface area contributed by atoms with Gasteiger partial charge in [-0.15, -0.1) is 0 Å². The Morgan fingerprint density at radius 1 is 1.33 bits per heavy atom. The largest absolute Gasteiger partial charge is 0.396 e. The van der Waals surface area contributed by atoms with Crippen molar-refractivity contribution in [2.75, 3.05) is 24.7 Å². The average molecular weight is 323 g/mol. The van der Waals surface area contributed by atoms with Crippen molar-refractivity contribution in [1.82, 2.24) is 5.32 Å². The molecule has 3 nitrogen and oxygen atoms in total. The fourth-order valence-electron chi connectivity index (χ4n) is 3.05. The lowest BCUT2D eigenvalue weighted by molar-refractivity contribution is -0.123. The van der Waals surface area contributed by atoms with Crippen LogP contribution in [0, 0.1) is 5.41 Å². The van der Waals surface area contributed by atoms with E-state index in [-0.39, 0.29) is 23.8 Å². The Labute approximate surface area is 133 Å². The highest BCUT2D eigenvalue weighted by Crippen LogP contribution is 2.42. The van der Waals surface area contributed by atoms with E-state index >= 15 is 0 Å². The molecule has 1 aromatic carbocycles. The molecule has 21 heavy (non-hydrogen) atoms. The van der Waals surface area contributed by atoms with Crippen molar-refractivity contribution < 1.29 is 9.90 Å². The van der Waals surface area contributed by atoms with Crippen LogP contribution in [0.2, 0.25) is 0 Å². The first-order chi connectivity index (χ1) is 10.2. The van der Waals surface area contributed by atoms with Crippen LogP contribution in [0.25, 0.3) is 0 Å². The predicted octanol–water partition coefficient (Wildman–Crippen LogP) is 2.60. The summed E-state index contributed by atoms with van der Waals surface area (Å²) in [6, 6.07) is 8.28. The fraction of sp³-hybridized carbons (Fsp3) is 0.562. The molecule has 114 valence electrons. The third kappa shape index (κ3) is 3.25. The van der Waals surface area contributed by atoms with E-state index in [0.29, 0.717) is 6.54 Å². The van der Waals surface area contributed by atoms with E-state index in [1.54, 1.807) is 21.6 Å². The highest BCUT2D eigenvalue weighted by atomic mass is 33.1. The molecule has 1 atom stereocenters. The molecular weight excluding hydrogens is 302 g/mol. The molecule has 3 rings (SSSR count). The minimum Gasteiger partial charge on any atom is -0.396 e. The van der Waals surface area contributed by atoms with Gasteiger partial charge in [-0.3, -0.25) is 4.79 Å². The van der Waals surface area contributed by atoms with E-state index in [0.717, 1.165) is 30.8 Å². The number of hydrogen-bond acceptors (Lipinski definition) is 4. The minimum atomic E-state index is -0.140. The molecule has 1 aromatic rings. The van der Waals surface area contributed by atoms with E-state index in [1.807, 2.05) is 12.1 Å². The van der Waals surface area contributed by atoms with Gasteiger partial charge in [0.2, 0.25) is 5.91 Å². The van der Waals surface area contributed by atoms with E-state index in [1.165, 1.54) is 11.1 Å². The number of aryl methyl sites for hydroxylation is 1. The summed E-state index contributed by atoms with van der Waals surface area (Å²) in [5.74, 6) is 1.93. The molecule has 0 radical (unpaired) electrons. The molecule has 1 heterocycles. The summed E-state index contributed by atoms with van der Waals surface area (Å²) >= 11 is 0. The van der Waals surface area contributed by atoms with Crippen molar-refractivity contribution in [2.24, 2.45) is 5.41 Å². The summed E-state index contributed by atoms with van der Waals surface area (Å²) < 4.78 is 0. The smallest absolute Gasteiger partial charge is 0.227 e. The number of fused-ring (bicyclic) bond motifs is 1. The van der Waals surface area contributed by atoms with Crippen molar-refractivity contribution >= 4 is 27.5 Å². The zero-order chi connectivity index (χ0) is 14.7. The Bertz CT molecular complexity index is 515. The number of carbonyl (C=O) groups excluding carboxylic acids is 1. The van der Waals surface area contributed by atoms with Crippen LogP contribution in [0.1, 0.15) is 29.9 Å². The third-order valence-electron chi connectivity index (χ3n) is 4.47. The topological polar surface area (TPSA) is 49.3 Å². The Morgan fingerprint density at radius 2 is 2.10 bits per heavy atom. The van der Waals surface area contributed by atoms with Crippen LogP contribution in [-0.2, 0) is 11.2 Å². The molecule has 1 saturated heterocycles. The second kappa shape index (κ2) is 6.63. The molecule has 1 amide bonds. The lowest BCUT2D eigenvalue weighted by atomic mass is 9.82. The molecule has 0 aromatic heterocycles. The Hall–Kier alpha value is -0.650. The fourth-order valence-corrected chi connectivity index (χ4v) is 6.44. The standard InChI is InChI=1S/C16H21NO2S2/c18-9-16(10-20-21-11-16)8-17-15(19)14-7-3-5-12-4-1-2-6-13(12)14/h1-2,4,6,14,18H,3,5,7-11H2,(H,17,19). The zero-order valence-electron chi connectivity index (χ0n) is 12.0. The van der Waals surface area contributed by atoms with Crippen LogP contribution < -0.4 is 5.32 Å². The van der Waals surface area contributed by atoms with Gasteiger partial charge in [-0.05, 0) is 30.4 Å². The van der Waals surface area contributed by atoms with E-state index in [2.05, 4.69) is 17.4 Å². The summed E-state index contributed by atoms with van der Waals surface area (Å²) in [6.07, 6.45) is 3.08. The van der Waals surface area contributed by atoms with Gasteiger partial charge >= 0.3 is 0 Å². The summed E-state index contributed by atoms with van der Waals surface area (Å²) in [4.78, 5) is 12.6. The molecule has 1 fully saturated rings. The SMILES string of the molecule is O=C(NCC1(CO)CSSC1)C1CCCc2ccccc21. The molecule has 0 saturated carbocycles. The lowest BCUT2D eigenvalue weighted by Gasteiger charge is -2.28. The highest BCUT2D eigenvalue weighted by molar-refractivity contribution is 8.77. The quantitative estimate of drug-likeness (QED) is 0.836. The maximum Gasteiger partial charge on any atom is 0.227 e. The van der Waals surface area contributed by atoms with Gasteiger partial charge in [-0.2, -0.15) is 0 Å². The van der Waals surface area contributed by atoms with Gasteiger partial charge in [-0.25, -0.2) is 0 Å². The molecule has 1 aliphatic carbocycles. The molecule has 2 N–H and O–H groups in total. The summed E-state index contributed by atoms with van der Waals surface area (Å²) in [7, 11) is 3.57. The highest BCUT2D eigenvalue weighted by Gasteiger charge is 2.36. The maximum atomic E-state index is 12.6. The van der Waals surface area contributed by atoms with Gasteiger partial charge in [0.25, 0.3) is 0 Å². The number of rotatable bonds is 4. The minimum absolute atomic E-state index is 0.0209.